The molecule has 47 heavy (non-hydrogen) atoms. The van der Waals surface area contributed by atoms with E-state index in [0.717, 1.165) is 34.9 Å². The predicted octanol–water partition coefficient (Wildman–Crippen LogP) is 4.36. The van der Waals surface area contributed by atoms with E-state index in [1.54, 1.807) is 34.6 Å². The topological polar surface area (TPSA) is 148 Å². The van der Waals surface area contributed by atoms with Crippen LogP contribution in [0.2, 0.25) is 0 Å². The smallest absolute Gasteiger partial charge is 0.407 e. The van der Waals surface area contributed by atoms with E-state index in [1.807, 2.05) is 20.8 Å². The van der Waals surface area contributed by atoms with Gasteiger partial charge in [0.05, 0.1) is 22.4 Å². The van der Waals surface area contributed by atoms with Gasteiger partial charge in [-0.2, -0.15) is 4.31 Å². The molecule has 0 unspecified atom stereocenters. The number of carbonyl (C=O) groups excluding carboxylic acids is 1. The fourth-order valence-corrected chi connectivity index (χ4v) is 8.59. The van der Waals surface area contributed by atoms with Crippen LogP contribution in [0.25, 0.3) is 0 Å². The summed E-state index contributed by atoms with van der Waals surface area (Å²) in [7, 11) is -5.93. The molecule has 0 radical (unpaired) electrons. The standard InChI is InChI=1S/C33H47N5O7S2/c1-33(2,3)38(32(40)41)22-24-20-36(21-24)19-23-6-13-30(35(4)46(5,42)43)29(18-23)31(39)34-27-9-11-28(12-10-27)47(44,45)37-16-14-26(15-17-37)25-7-8-25/h6,9-13,18,24-26H,7-8,14-17,19-22H2,1-5H3,(H,34,39)(H,40,41). The number of hydrogen-bond donors (Lipinski definition) is 2. The number of rotatable bonds is 11. The van der Waals surface area contributed by atoms with E-state index in [4.69, 9.17) is 0 Å². The zero-order chi connectivity index (χ0) is 34.3. The fraction of sp³-hybridized carbons (Fsp3) is 0.576. The monoisotopic (exact) mass is 689 g/mol. The second kappa shape index (κ2) is 13.4. The summed E-state index contributed by atoms with van der Waals surface area (Å²) in [5, 5.41) is 12.4. The number of sulfonamides is 2. The van der Waals surface area contributed by atoms with Crippen LogP contribution in [0.3, 0.4) is 0 Å². The summed E-state index contributed by atoms with van der Waals surface area (Å²) in [5.41, 5.74) is 1.06. The molecule has 2 aromatic rings. The highest BCUT2D eigenvalue weighted by Crippen LogP contribution is 2.42. The van der Waals surface area contributed by atoms with E-state index in [2.05, 4.69) is 10.2 Å². The normalized spacial score (nSPS) is 18.8. The van der Waals surface area contributed by atoms with E-state index in [1.165, 1.54) is 36.9 Å². The number of carboxylic acid groups (broad SMARTS) is 1. The molecule has 258 valence electrons. The van der Waals surface area contributed by atoms with Gasteiger partial charge >= 0.3 is 6.09 Å². The second-order valence-electron chi connectivity index (χ2n) is 14.3. The van der Waals surface area contributed by atoms with Crippen LogP contribution in [0.1, 0.15) is 62.4 Å². The van der Waals surface area contributed by atoms with E-state index in [9.17, 15) is 31.5 Å². The van der Waals surface area contributed by atoms with Gasteiger partial charge in [0.2, 0.25) is 20.0 Å². The number of carbonyl (C=O) groups is 2. The molecule has 3 aliphatic rings. The first kappa shape index (κ1) is 35.1. The molecule has 2 aliphatic heterocycles. The van der Waals surface area contributed by atoms with Crippen molar-refractivity contribution >= 4 is 43.4 Å². The van der Waals surface area contributed by atoms with Crippen molar-refractivity contribution in [2.24, 2.45) is 17.8 Å². The third-order valence-electron chi connectivity index (χ3n) is 9.60. The zero-order valence-electron chi connectivity index (χ0n) is 27.8. The molecule has 2 N–H and O–H groups in total. The Balaban J connectivity index is 1.26. The van der Waals surface area contributed by atoms with Gasteiger partial charge in [0, 0.05) is 63.5 Å². The van der Waals surface area contributed by atoms with E-state index in [0.29, 0.717) is 50.9 Å². The lowest BCUT2D eigenvalue weighted by Gasteiger charge is -2.44. The second-order valence-corrected chi connectivity index (χ2v) is 18.2. The van der Waals surface area contributed by atoms with Crippen LogP contribution in [0, 0.1) is 17.8 Å². The average Bonchev–Trinajstić information content (AvgIpc) is 3.82. The van der Waals surface area contributed by atoms with Crippen LogP contribution in [0.5, 0.6) is 0 Å². The molecule has 0 aromatic heterocycles. The molecule has 2 aromatic carbocycles. The summed E-state index contributed by atoms with van der Waals surface area (Å²) >= 11 is 0. The molecule has 1 aliphatic carbocycles. The van der Waals surface area contributed by atoms with Crippen molar-refractivity contribution in [2.75, 3.05) is 55.6 Å². The third-order valence-corrected chi connectivity index (χ3v) is 12.7. The van der Waals surface area contributed by atoms with Crippen molar-refractivity contribution in [1.82, 2.24) is 14.1 Å². The SMILES string of the molecule is CN(c1ccc(CN2CC(CN(C(=O)O)C(C)(C)C)C2)cc1C(=O)Nc1ccc(S(=O)(=O)N2CCC(C3CC3)CC2)cc1)S(C)(=O)=O. The number of nitrogens with one attached hydrogen (secondary N) is 1. The van der Waals surface area contributed by atoms with E-state index >= 15 is 0 Å². The Kier molecular flexibility index (Phi) is 9.99. The first-order valence-electron chi connectivity index (χ1n) is 16.1. The van der Waals surface area contributed by atoms with Crippen molar-refractivity contribution in [3.8, 4) is 0 Å². The largest absolute Gasteiger partial charge is 0.465 e. The average molecular weight is 690 g/mol. The highest BCUT2D eigenvalue weighted by atomic mass is 32.2. The van der Waals surface area contributed by atoms with Crippen LogP contribution in [-0.4, -0.2) is 99.6 Å². The first-order valence-corrected chi connectivity index (χ1v) is 19.4. The molecule has 3 fully saturated rings. The van der Waals surface area contributed by atoms with E-state index < -0.39 is 37.6 Å². The molecule has 14 heteroatoms. The van der Waals surface area contributed by atoms with Crippen molar-refractivity contribution in [2.45, 2.75) is 63.4 Å². The number of hydrogen-bond acceptors (Lipinski definition) is 7. The molecule has 12 nitrogen and oxygen atoms in total. The lowest BCUT2D eigenvalue weighted by molar-refractivity contribution is 0.0330. The number of anilines is 2. The number of likely N-dealkylation sites (tertiary alicyclic amines) is 1. The van der Waals surface area contributed by atoms with Gasteiger partial charge in [0.25, 0.3) is 5.91 Å². The van der Waals surface area contributed by atoms with Crippen LogP contribution in [0.4, 0.5) is 16.2 Å². The molecule has 0 spiro atoms. The quantitative estimate of drug-likeness (QED) is 0.354. The summed E-state index contributed by atoms with van der Waals surface area (Å²) in [5.74, 6) is 1.04. The molecule has 0 bridgehead atoms. The van der Waals surface area contributed by atoms with Gasteiger partial charge in [0.1, 0.15) is 0 Å². The van der Waals surface area contributed by atoms with E-state index in [-0.39, 0.29) is 22.1 Å². The van der Waals surface area contributed by atoms with Gasteiger partial charge in [0.15, 0.2) is 0 Å². The van der Waals surface area contributed by atoms with Crippen LogP contribution < -0.4 is 9.62 Å². The van der Waals surface area contributed by atoms with Crippen LogP contribution >= 0.6 is 0 Å². The Bertz CT molecular complexity index is 1690. The molecule has 1 saturated carbocycles. The maximum Gasteiger partial charge on any atom is 0.407 e. The Morgan fingerprint density at radius 2 is 1.53 bits per heavy atom. The number of amides is 2. The predicted molar refractivity (Wildman–Crippen MR) is 182 cm³/mol. The molecule has 0 atom stereocenters. The minimum atomic E-state index is -3.67. The highest BCUT2D eigenvalue weighted by molar-refractivity contribution is 7.92. The molecule has 2 amide bonds. The lowest BCUT2D eigenvalue weighted by atomic mass is 9.93. The minimum absolute atomic E-state index is 0.160. The summed E-state index contributed by atoms with van der Waals surface area (Å²) in [6.07, 6.45) is 4.41. The summed E-state index contributed by atoms with van der Waals surface area (Å²) in [6, 6.07) is 11.1. The Labute approximate surface area is 278 Å². The molecular formula is C33H47N5O7S2. The summed E-state index contributed by atoms with van der Waals surface area (Å²) in [6.45, 7) is 8.97. The van der Waals surface area contributed by atoms with Crippen molar-refractivity contribution in [3.63, 3.8) is 0 Å². The molecular weight excluding hydrogens is 643 g/mol. The van der Waals surface area contributed by atoms with Crippen molar-refractivity contribution in [1.29, 1.82) is 0 Å². The molecule has 2 saturated heterocycles. The Morgan fingerprint density at radius 3 is 2.06 bits per heavy atom. The van der Waals surface area contributed by atoms with Crippen molar-refractivity contribution in [3.05, 3.63) is 53.6 Å². The van der Waals surface area contributed by atoms with Crippen LogP contribution in [-0.2, 0) is 26.6 Å². The van der Waals surface area contributed by atoms with Gasteiger partial charge in [-0.05, 0) is 100 Å². The number of benzene rings is 2. The minimum Gasteiger partial charge on any atom is -0.465 e. The maximum absolute atomic E-state index is 13.6. The van der Waals surface area contributed by atoms with Gasteiger partial charge in [-0.15, -0.1) is 0 Å². The summed E-state index contributed by atoms with van der Waals surface area (Å²) in [4.78, 5) is 29.1. The molecule has 5 rings (SSSR count). The number of nitrogens with zero attached hydrogens (tertiary/aromatic N) is 4. The maximum atomic E-state index is 13.6. The fourth-order valence-electron chi connectivity index (χ4n) is 6.61. The van der Waals surface area contributed by atoms with Crippen molar-refractivity contribution < 1.29 is 31.5 Å². The first-order chi connectivity index (χ1) is 21.9. The van der Waals surface area contributed by atoms with Crippen LogP contribution in [0.15, 0.2) is 47.4 Å². The van der Waals surface area contributed by atoms with Gasteiger partial charge in [-0.25, -0.2) is 21.6 Å². The van der Waals surface area contributed by atoms with Gasteiger partial charge < -0.3 is 15.3 Å². The third kappa shape index (κ3) is 8.27. The number of piperidine rings is 1. The Morgan fingerprint density at radius 1 is 0.936 bits per heavy atom. The molecule has 2 heterocycles. The Hall–Kier alpha value is -3.20. The lowest BCUT2D eigenvalue weighted by Crippen LogP contribution is -2.55. The van der Waals surface area contributed by atoms with Gasteiger partial charge in [-0.1, -0.05) is 6.07 Å². The van der Waals surface area contributed by atoms with Gasteiger partial charge in [-0.3, -0.25) is 14.0 Å². The summed E-state index contributed by atoms with van der Waals surface area (Å²) < 4.78 is 54.0. The highest BCUT2D eigenvalue weighted by Gasteiger charge is 2.37. The zero-order valence-corrected chi connectivity index (χ0v) is 29.5.